The first-order valence-electron chi connectivity index (χ1n) is 5.42. The molecule has 112 valence electrons. The molecule has 0 unspecified atom stereocenters. The SMILES string of the molecule is CN(C)CCOc1ccc(Cl)cc1Br.O=C(O)C(=O)O. The van der Waals surface area contributed by atoms with Crippen LogP contribution in [0.1, 0.15) is 0 Å². The Bertz CT molecular complexity index is 455. The van der Waals surface area contributed by atoms with Crippen LogP contribution in [0.4, 0.5) is 0 Å². The van der Waals surface area contributed by atoms with E-state index in [0.717, 1.165) is 16.8 Å². The Morgan fingerprint density at radius 1 is 1.30 bits per heavy atom. The quantitative estimate of drug-likeness (QED) is 0.792. The molecule has 0 saturated carbocycles. The zero-order valence-electron chi connectivity index (χ0n) is 11.0. The molecule has 0 aromatic heterocycles. The third-order valence-corrected chi connectivity index (χ3v) is 2.73. The number of halogens is 2. The van der Waals surface area contributed by atoms with Crippen molar-refractivity contribution in [1.29, 1.82) is 0 Å². The number of nitrogens with zero attached hydrogens (tertiary/aromatic N) is 1. The molecular weight excluding hydrogens is 353 g/mol. The maximum atomic E-state index is 9.10. The number of carboxylic acids is 2. The monoisotopic (exact) mass is 367 g/mol. The molecule has 1 aromatic carbocycles. The Morgan fingerprint density at radius 2 is 1.85 bits per heavy atom. The minimum Gasteiger partial charge on any atom is -0.491 e. The Balaban J connectivity index is 0.000000511. The van der Waals surface area contributed by atoms with Crippen LogP contribution in [-0.2, 0) is 9.59 Å². The van der Waals surface area contributed by atoms with Crippen LogP contribution in [0.5, 0.6) is 5.75 Å². The lowest BCUT2D eigenvalue weighted by Gasteiger charge is -2.12. The second kappa shape index (κ2) is 9.57. The van der Waals surface area contributed by atoms with E-state index in [4.69, 9.17) is 36.1 Å². The highest BCUT2D eigenvalue weighted by atomic mass is 79.9. The van der Waals surface area contributed by atoms with Crippen molar-refractivity contribution in [2.24, 2.45) is 0 Å². The standard InChI is InChI=1S/C10H13BrClNO.C2H2O4/c1-13(2)5-6-14-10-4-3-8(12)7-9(10)11;3-1(4)2(5)6/h3-4,7H,5-6H2,1-2H3;(H,3,4)(H,5,6). The number of benzene rings is 1. The summed E-state index contributed by atoms with van der Waals surface area (Å²) in [5.74, 6) is -2.82. The summed E-state index contributed by atoms with van der Waals surface area (Å²) in [5.41, 5.74) is 0. The molecule has 6 nitrogen and oxygen atoms in total. The fourth-order valence-corrected chi connectivity index (χ4v) is 1.73. The van der Waals surface area contributed by atoms with Gasteiger partial charge in [0.25, 0.3) is 0 Å². The number of aliphatic carboxylic acids is 2. The highest BCUT2D eigenvalue weighted by Gasteiger charge is 2.04. The first kappa shape index (κ1) is 18.7. The molecule has 8 heteroatoms. The van der Waals surface area contributed by atoms with Crippen molar-refractivity contribution in [3.05, 3.63) is 27.7 Å². The van der Waals surface area contributed by atoms with E-state index in [0.29, 0.717) is 11.6 Å². The summed E-state index contributed by atoms with van der Waals surface area (Å²) in [6.45, 7) is 1.57. The summed E-state index contributed by atoms with van der Waals surface area (Å²) in [4.78, 5) is 20.3. The second-order valence-corrected chi connectivity index (χ2v) is 5.13. The molecule has 0 aliphatic carbocycles. The van der Waals surface area contributed by atoms with Gasteiger partial charge in [-0.15, -0.1) is 0 Å². The largest absolute Gasteiger partial charge is 0.491 e. The van der Waals surface area contributed by atoms with E-state index in [9.17, 15) is 0 Å². The third kappa shape index (κ3) is 8.73. The van der Waals surface area contributed by atoms with Gasteiger partial charge >= 0.3 is 11.9 Å². The van der Waals surface area contributed by atoms with Crippen molar-refractivity contribution in [2.45, 2.75) is 0 Å². The van der Waals surface area contributed by atoms with E-state index >= 15 is 0 Å². The highest BCUT2D eigenvalue weighted by Crippen LogP contribution is 2.27. The lowest BCUT2D eigenvalue weighted by atomic mass is 10.3. The zero-order valence-corrected chi connectivity index (χ0v) is 13.3. The highest BCUT2D eigenvalue weighted by molar-refractivity contribution is 9.10. The van der Waals surface area contributed by atoms with Crippen molar-refractivity contribution >= 4 is 39.5 Å². The van der Waals surface area contributed by atoms with Crippen molar-refractivity contribution in [3.63, 3.8) is 0 Å². The van der Waals surface area contributed by atoms with E-state index in [2.05, 4.69) is 20.8 Å². The molecule has 20 heavy (non-hydrogen) atoms. The van der Waals surface area contributed by atoms with Crippen LogP contribution < -0.4 is 4.74 Å². The summed E-state index contributed by atoms with van der Waals surface area (Å²) in [5, 5.41) is 15.5. The van der Waals surface area contributed by atoms with Gasteiger partial charge in [0.2, 0.25) is 0 Å². The summed E-state index contributed by atoms with van der Waals surface area (Å²) in [6, 6.07) is 5.51. The van der Waals surface area contributed by atoms with E-state index in [1.165, 1.54) is 0 Å². The number of rotatable bonds is 4. The van der Waals surface area contributed by atoms with Gasteiger partial charge in [0, 0.05) is 11.6 Å². The van der Waals surface area contributed by atoms with Crippen LogP contribution in [0, 0.1) is 0 Å². The Kier molecular flexibility index (Phi) is 8.94. The van der Waals surface area contributed by atoms with Gasteiger partial charge < -0.3 is 19.8 Å². The first-order valence-corrected chi connectivity index (χ1v) is 6.60. The minimum atomic E-state index is -1.82. The number of carbonyl (C=O) groups is 2. The molecule has 0 atom stereocenters. The predicted octanol–water partition coefficient (Wildman–Crippen LogP) is 2.20. The van der Waals surface area contributed by atoms with Crippen molar-refractivity contribution in [1.82, 2.24) is 4.90 Å². The Labute approximate surface area is 130 Å². The van der Waals surface area contributed by atoms with Gasteiger partial charge in [0.1, 0.15) is 12.4 Å². The predicted molar refractivity (Wildman–Crippen MR) is 78.5 cm³/mol. The van der Waals surface area contributed by atoms with Crippen LogP contribution in [0.2, 0.25) is 5.02 Å². The molecule has 0 heterocycles. The molecule has 0 saturated heterocycles. The molecule has 0 radical (unpaired) electrons. The topological polar surface area (TPSA) is 87.1 Å². The first-order chi connectivity index (χ1) is 9.23. The normalized spacial score (nSPS) is 9.65. The maximum Gasteiger partial charge on any atom is 0.414 e. The lowest BCUT2D eigenvalue weighted by Crippen LogP contribution is -2.19. The molecule has 1 rings (SSSR count). The van der Waals surface area contributed by atoms with Gasteiger partial charge in [0.15, 0.2) is 0 Å². The van der Waals surface area contributed by atoms with Gasteiger partial charge in [-0.05, 0) is 48.2 Å². The van der Waals surface area contributed by atoms with Crippen molar-refractivity contribution in [3.8, 4) is 5.75 Å². The van der Waals surface area contributed by atoms with Gasteiger partial charge in [-0.25, -0.2) is 9.59 Å². The molecular formula is C12H15BrClNO5. The smallest absolute Gasteiger partial charge is 0.414 e. The van der Waals surface area contributed by atoms with Gasteiger partial charge in [-0.2, -0.15) is 0 Å². The molecule has 0 spiro atoms. The number of ether oxygens (including phenoxy) is 1. The average Bonchev–Trinajstić information content (AvgIpc) is 2.32. The van der Waals surface area contributed by atoms with Crippen molar-refractivity contribution < 1.29 is 24.5 Å². The fraction of sp³-hybridized carbons (Fsp3) is 0.333. The molecule has 1 aromatic rings. The van der Waals surface area contributed by atoms with Crippen molar-refractivity contribution in [2.75, 3.05) is 27.2 Å². The number of hydrogen-bond acceptors (Lipinski definition) is 4. The van der Waals surface area contributed by atoms with E-state index in [-0.39, 0.29) is 0 Å². The van der Waals surface area contributed by atoms with Crippen LogP contribution in [-0.4, -0.2) is 54.3 Å². The van der Waals surface area contributed by atoms with Crippen LogP contribution in [0.15, 0.2) is 22.7 Å². The molecule has 0 aliphatic rings. The van der Waals surface area contributed by atoms with Gasteiger partial charge in [0.05, 0.1) is 4.47 Å². The summed E-state index contributed by atoms with van der Waals surface area (Å²) < 4.78 is 6.45. The maximum absolute atomic E-state index is 9.10. The number of hydrogen-bond donors (Lipinski definition) is 2. The van der Waals surface area contributed by atoms with E-state index in [1.807, 2.05) is 32.3 Å². The summed E-state index contributed by atoms with van der Waals surface area (Å²) in [7, 11) is 4.03. The zero-order chi connectivity index (χ0) is 15.7. The second-order valence-electron chi connectivity index (χ2n) is 3.84. The molecule has 0 fully saturated rings. The lowest BCUT2D eigenvalue weighted by molar-refractivity contribution is -0.159. The minimum absolute atomic E-state index is 0.674. The van der Waals surface area contributed by atoms with Crippen LogP contribution in [0.25, 0.3) is 0 Å². The Morgan fingerprint density at radius 3 is 2.25 bits per heavy atom. The summed E-state index contributed by atoms with van der Waals surface area (Å²) in [6.07, 6.45) is 0. The van der Waals surface area contributed by atoms with Gasteiger partial charge in [-0.3, -0.25) is 0 Å². The molecule has 2 N–H and O–H groups in total. The average molecular weight is 369 g/mol. The van der Waals surface area contributed by atoms with E-state index in [1.54, 1.807) is 0 Å². The Hall–Kier alpha value is -1.31. The third-order valence-electron chi connectivity index (χ3n) is 1.87. The van der Waals surface area contributed by atoms with Crippen LogP contribution in [0.3, 0.4) is 0 Å². The molecule has 0 bridgehead atoms. The van der Waals surface area contributed by atoms with E-state index < -0.39 is 11.9 Å². The molecule has 0 amide bonds. The number of carboxylic acid groups (broad SMARTS) is 2. The summed E-state index contributed by atoms with van der Waals surface area (Å²) >= 11 is 9.20. The number of likely N-dealkylation sites (N-methyl/N-ethyl adjacent to an activating group) is 1. The van der Waals surface area contributed by atoms with Gasteiger partial charge in [-0.1, -0.05) is 11.6 Å². The van der Waals surface area contributed by atoms with Crippen LogP contribution >= 0.6 is 27.5 Å². The molecule has 0 aliphatic heterocycles. The fourth-order valence-electron chi connectivity index (χ4n) is 0.930.